The normalized spacial score (nSPS) is 20.9. The van der Waals surface area contributed by atoms with E-state index < -0.39 is 0 Å². The van der Waals surface area contributed by atoms with Crippen molar-refractivity contribution in [1.29, 1.82) is 0 Å². The summed E-state index contributed by atoms with van der Waals surface area (Å²) in [7, 11) is 0. The summed E-state index contributed by atoms with van der Waals surface area (Å²) in [5.41, 5.74) is 2.79. The molecule has 15 heavy (non-hydrogen) atoms. The van der Waals surface area contributed by atoms with Crippen LogP contribution in [-0.2, 0) is 6.42 Å². The molecule has 0 aromatic heterocycles. The number of halogens is 1. The summed E-state index contributed by atoms with van der Waals surface area (Å²) in [6, 6.07) is 4.54. The smallest absolute Gasteiger partial charge is 0.129 e. The molecule has 1 saturated heterocycles. The van der Waals surface area contributed by atoms with Crippen LogP contribution in [0, 0.1) is 19.7 Å². The number of benzene rings is 1. The second-order valence-electron chi connectivity index (χ2n) is 4.54. The molecule has 0 saturated carbocycles. The molecule has 2 heteroatoms. The van der Waals surface area contributed by atoms with Crippen molar-refractivity contribution in [2.24, 2.45) is 0 Å². The molecule has 1 aromatic rings. The van der Waals surface area contributed by atoms with E-state index in [9.17, 15) is 4.39 Å². The SMILES string of the molecule is Cc1cc(CC2CCCN2)cc(C)c1F. The average molecular weight is 207 g/mol. The molecule has 0 aliphatic carbocycles. The lowest BCUT2D eigenvalue weighted by Gasteiger charge is -2.12. The van der Waals surface area contributed by atoms with Gasteiger partial charge in [0.05, 0.1) is 0 Å². The molecular formula is C13H18FN. The van der Waals surface area contributed by atoms with Crippen LogP contribution in [0.2, 0.25) is 0 Å². The van der Waals surface area contributed by atoms with E-state index >= 15 is 0 Å². The number of hydrogen-bond donors (Lipinski definition) is 1. The van der Waals surface area contributed by atoms with Crippen molar-refractivity contribution < 1.29 is 4.39 Å². The fraction of sp³-hybridized carbons (Fsp3) is 0.538. The summed E-state index contributed by atoms with van der Waals surface area (Å²) >= 11 is 0. The Morgan fingerprint density at radius 2 is 2.00 bits per heavy atom. The van der Waals surface area contributed by atoms with Crippen LogP contribution in [0.5, 0.6) is 0 Å². The summed E-state index contributed by atoms with van der Waals surface area (Å²) in [6.45, 7) is 4.81. The van der Waals surface area contributed by atoms with Crippen molar-refractivity contribution in [2.45, 2.75) is 39.2 Å². The van der Waals surface area contributed by atoms with E-state index in [0.29, 0.717) is 6.04 Å². The molecule has 0 radical (unpaired) electrons. The number of aryl methyl sites for hydroxylation is 2. The molecule has 1 atom stereocenters. The highest BCUT2D eigenvalue weighted by atomic mass is 19.1. The molecule has 1 aliphatic rings. The van der Waals surface area contributed by atoms with Crippen LogP contribution < -0.4 is 5.32 Å². The van der Waals surface area contributed by atoms with Gasteiger partial charge < -0.3 is 5.32 Å². The predicted molar refractivity (Wildman–Crippen MR) is 60.6 cm³/mol. The van der Waals surface area contributed by atoms with Crippen LogP contribution in [0.4, 0.5) is 4.39 Å². The first kappa shape index (κ1) is 10.6. The van der Waals surface area contributed by atoms with Crippen LogP contribution in [0.3, 0.4) is 0 Å². The molecule has 0 bridgehead atoms. The molecule has 1 aromatic carbocycles. The van der Waals surface area contributed by atoms with Gasteiger partial charge in [0, 0.05) is 6.04 Å². The lowest BCUT2D eigenvalue weighted by molar-refractivity contribution is 0.592. The fourth-order valence-corrected chi connectivity index (χ4v) is 2.37. The third-order valence-electron chi connectivity index (χ3n) is 3.14. The zero-order valence-corrected chi connectivity index (χ0v) is 9.44. The highest BCUT2D eigenvalue weighted by molar-refractivity contribution is 5.31. The van der Waals surface area contributed by atoms with Gasteiger partial charge in [0.2, 0.25) is 0 Å². The van der Waals surface area contributed by atoms with Crippen molar-refractivity contribution >= 4 is 0 Å². The standard InChI is InChI=1S/C13H18FN/c1-9-6-11(7-10(2)13(9)14)8-12-4-3-5-15-12/h6-7,12,15H,3-5,8H2,1-2H3. The topological polar surface area (TPSA) is 12.0 Å². The summed E-state index contributed by atoms with van der Waals surface area (Å²) in [4.78, 5) is 0. The highest BCUT2D eigenvalue weighted by Gasteiger charge is 2.15. The van der Waals surface area contributed by atoms with Gasteiger partial charge in [0.15, 0.2) is 0 Å². The zero-order valence-electron chi connectivity index (χ0n) is 9.44. The first-order valence-corrected chi connectivity index (χ1v) is 5.66. The third-order valence-corrected chi connectivity index (χ3v) is 3.14. The first-order valence-electron chi connectivity index (χ1n) is 5.66. The fourth-order valence-electron chi connectivity index (χ4n) is 2.37. The van der Waals surface area contributed by atoms with Gasteiger partial charge in [-0.05, 0) is 56.3 Å². The van der Waals surface area contributed by atoms with E-state index in [-0.39, 0.29) is 5.82 Å². The Balaban J connectivity index is 2.14. The molecule has 1 nitrogen and oxygen atoms in total. The minimum Gasteiger partial charge on any atom is -0.314 e. The number of rotatable bonds is 2. The molecule has 1 N–H and O–H groups in total. The van der Waals surface area contributed by atoms with Crippen LogP contribution in [-0.4, -0.2) is 12.6 Å². The molecule has 0 amide bonds. The summed E-state index contributed by atoms with van der Waals surface area (Å²) < 4.78 is 13.4. The maximum Gasteiger partial charge on any atom is 0.129 e. The maximum absolute atomic E-state index is 13.4. The van der Waals surface area contributed by atoms with Crippen LogP contribution in [0.15, 0.2) is 12.1 Å². The van der Waals surface area contributed by atoms with E-state index in [1.165, 1.54) is 18.4 Å². The summed E-state index contributed by atoms with van der Waals surface area (Å²) in [5.74, 6) is -0.0573. The summed E-state index contributed by atoms with van der Waals surface area (Å²) in [5, 5.41) is 3.46. The second kappa shape index (κ2) is 4.31. The van der Waals surface area contributed by atoms with E-state index in [2.05, 4.69) is 5.32 Å². The van der Waals surface area contributed by atoms with Gasteiger partial charge in [-0.25, -0.2) is 4.39 Å². The van der Waals surface area contributed by atoms with E-state index in [0.717, 1.165) is 24.1 Å². The number of hydrogen-bond acceptors (Lipinski definition) is 1. The van der Waals surface area contributed by atoms with E-state index in [4.69, 9.17) is 0 Å². The van der Waals surface area contributed by atoms with Crippen molar-refractivity contribution in [3.05, 3.63) is 34.6 Å². The lowest BCUT2D eigenvalue weighted by atomic mass is 10.00. The van der Waals surface area contributed by atoms with Gasteiger partial charge in [0.1, 0.15) is 5.82 Å². The predicted octanol–water partition coefficient (Wildman–Crippen LogP) is 2.74. The Hall–Kier alpha value is -0.890. The van der Waals surface area contributed by atoms with Crippen molar-refractivity contribution in [1.82, 2.24) is 5.32 Å². The minimum absolute atomic E-state index is 0.0573. The van der Waals surface area contributed by atoms with Gasteiger partial charge in [-0.2, -0.15) is 0 Å². The zero-order chi connectivity index (χ0) is 10.8. The Kier molecular flexibility index (Phi) is 3.06. The molecule has 82 valence electrons. The molecular weight excluding hydrogens is 189 g/mol. The first-order chi connectivity index (χ1) is 7.16. The Bertz CT molecular complexity index is 331. The van der Waals surface area contributed by atoms with E-state index in [1.54, 1.807) is 0 Å². The highest BCUT2D eigenvalue weighted by Crippen LogP contribution is 2.18. The molecule has 1 heterocycles. The lowest BCUT2D eigenvalue weighted by Crippen LogP contribution is -2.23. The van der Waals surface area contributed by atoms with Gasteiger partial charge in [-0.3, -0.25) is 0 Å². The Labute approximate surface area is 90.7 Å². The van der Waals surface area contributed by atoms with Crippen LogP contribution in [0.25, 0.3) is 0 Å². The maximum atomic E-state index is 13.4. The van der Waals surface area contributed by atoms with Crippen LogP contribution >= 0.6 is 0 Å². The number of nitrogens with one attached hydrogen (secondary N) is 1. The third kappa shape index (κ3) is 2.37. The second-order valence-corrected chi connectivity index (χ2v) is 4.54. The Morgan fingerprint density at radius 1 is 1.33 bits per heavy atom. The van der Waals surface area contributed by atoms with Crippen molar-refractivity contribution in [2.75, 3.05) is 6.54 Å². The molecule has 1 aliphatic heterocycles. The molecule has 0 spiro atoms. The van der Waals surface area contributed by atoms with Crippen molar-refractivity contribution in [3.63, 3.8) is 0 Å². The summed E-state index contributed by atoms with van der Waals surface area (Å²) in [6.07, 6.45) is 3.54. The van der Waals surface area contributed by atoms with Crippen LogP contribution in [0.1, 0.15) is 29.5 Å². The largest absolute Gasteiger partial charge is 0.314 e. The quantitative estimate of drug-likeness (QED) is 0.786. The van der Waals surface area contributed by atoms with Gasteiger partial charge in [-0.1, -0.05) is 12.1 Å². The molecule has 2 rings (SSSR count). The van der Waals surface area contributed by atoms with Gasteiger partial charge >= 0.3 is 0 Å². The van der Waals surface area contributed by atoms with Gasteiger partial charge in [-0.15, -0.1) is 0 Å². The molecule has 1 unspecified atom stereocenters. The van der Waals surface area contributed by atoms with Gasteiger partial charge in [0.25, 0.3) is 0 Å². The Morgan fingerprint density at radius 3 is 2.53 bits per heavy atom. The average Bonchev–Trinajstić information content (AvgIpc) is 2.66. The minimum atomic E-state index is -0.0573. The van der Waals surface area contributed by atoms with Crippen molar-refractivity contribution in [3.8, 4) is 0 Å². The monoisotopic (exact) mass is 207 g/mol. The molecule has 1 fully saturated rings. The van der Waals surface area contributed by atoms with E-state index in [1.807, 2.05) is 26.0 Å².